The van der Waals surface area contributed by atoms with Gasteiger partial charge in [-0.2, -0.15) is 0 Å². The van der Waals surface area contributed by atoms with E-state index >= 15 is 0 Å². The Labute approximate surface area is 173 Å². The lowest BCUT2D eigenvalue weighted by molar-refractivity contribution is -0.119. The maximum atomic E-state index is 12.4. The van der Waals surface area contributed by atoms with Crippen molar-refractivity contribution in [2.75, 3.05) is 24.7 Å². The smallest absolute Gasteiger partial charge is 0.230 e. The summed E-state index contributed by atoms with van der Waals surface area (Å²) in [5, 5.41) is 11.8. The van der Waals surface area contributed by atoms with Gasteiger partial charge < -0.3 is 15.6 Å². The molecule has 1 saturated heterocycles. The van der Waals surface area contributed by atoms with Gasteiger partial charge in [-0.15, -0.1) is 10.2 Å². The fraction of sp³-hybridized carbons (Fsp3) is 0.350. The third kappa shape index (κ3) is 4.63. The zero-order valence-corrected chi connectivity index (χ0v) is 17.1. The van der Waals surface area contributed by atoms with Crippen LogP contribution in [0.5, 0.6) is 0 Å². The number of nitrogens with one attached hydrogen (secondary N) is 1. The molecular formula is C20H24N6O2S. The Kier molecular flexibility index (Phi) is 5.86. The van der Waals surface area contributed by atoms with Gasteiger partial charge in [-0.05, 0) is 25.0 Å². The molecule has 0 saturated carbocycles. The number of nitrogen functional groups attached to an aromatic ring is 1. The first-order chi connectivity index (χ1) is 14.1. The Morgan fingerprint density at radius 1 is 1.31 bits per heavy atom. The highest BCUT2D eigenvalue weighted by molar-refractivity contribution is 7.99. The van der Waals surface area contributed by atoms with Crippen LogP contribution in [-0.4, -0.2) is 50.6 Å². The zero-order chi connectivity index (χ0) is 20.2. The Balaban J connectivity index is 1.26. The highest BCUT2D eigenvalue weighted by atomic mass is 32.2. The van der Waals surface area contributed by atoms with Gasteiger partial charge in [0.25, 0.3) is 0 Å². The van der Waals surface area contributed by atoms with Gasteiger partial charge in [-0.25, -0.2) is 4.68 Å². The number of amides is 1. The molecule has 2 aromatic heterocycles. The van der Waals surface area contributed by atoms with Gasteiger partial charge in [0.2, 0.25) is 11.1 Å². The Bertz CT molecular complexity index is 971. The van der Waals surface area contributed by atoms with Gasteiger partial charge in [0, 0.05) is 25.7 Å². The number of carbonyl (C=O) groups excluding carboxylic acids is 1. The molecule has 152 valence electrons. The van der Waals surface area contributed by atoms with E-state index in [0.717, 1.165) is 37.4 Å². The fourth-order valence-corrected chi connectivity index (χ4v) is 4.18. The van der Waals surface area contributed by atoms with E-state index in [0.29, 0.717) is 11.0 Å². The van der Waals surface area contributed by atoms with Crippen molar-refractivity contribution in [3.05, 3.63) is 54.0 Å². The molecule has 9 heteroatoms. The van der Waals surface area contributed by atoms with Gasteiger partial charge in [0.05, 0.1) is 17.6 Å². The quantitative estimate of drug-likeness (QED) is 0.452. The van der Waals surface area contributed by atoms with E-state index in [1.54, 1.807) is 12.3 Å². The number of aromatic nitrogens is 3. The maximum Gasteiger partial charge on any atom is 0.230 e. The first kappa shape index (κ1) is 19.5. The number of thioether (sulfide) groups is 1. The van der Waals surface area contributed by atoms with E-state index in [1.165, 1.54) is 22.0 Å². The topological polar surface area (TPSA) is 102 Å². The summed E-state index contributed by atoms with van der Waals surface area (Å²) in [5.41, 5.74) is 2.08. The predicted molar refractivity (Wildman–Crippen MR) is 112 cm³/mol. The largest absolute Gasteiger partial charge is 0.469 e. The summed E-state index contributed by atoms with van der Waals surface area (Å²) in [4.78, 5) is 14.7. The third-order valence-electron chi connectivity index (χ3n) is 4.98. The average Bonchev–Trinajstić information content (AvgIpc) is 3.42. The first-order valence-electron chi connectivity index (χ1n) is 9.53. The number of hydrogen-bond donors (Lipinski definition) is 2. The molecule has 1 amide bonds. The minimum absolute atomic E-state index is 0.0226. The average molecular weight is 413 g/mol. The molecule has 1 atom stereocenters. The molecule has 0 radical (unpaired) electrons. The first-order valence-corrected chi connectivity index (χ1v) is 10.5. The lowest BCUT2D eigenvalue weighted by Gasteiger charge is -2.16. The van der Waals surface area contributed by atoms with Crippen LogP contribution >= 0.6 is 11.8 Å². The monoisotopic (exact) mass is 412 g/mol. The van der Waals surface area contributed by atoms with Crippen LogP contribution in [0.2, 0.25) is 0 Å². The summed E-state index contributed by atoms with van der Waals surface area (Å²) in [5.74, 6) is 7.56. The molecule has 0 spiro atoms. The SMILES string of the molecule is Cc1occc1-c1nnc(SCC(=O)N[C@H]2CCN(Cc3ccccc3)C2)n1N. The molecule has 0 unspecified atom stereocenters. The molecule has 0 bridgehead atoms. The number of hydrogen-bond acceptors (Lipinski definition) is 7. The predicted octanol–water partition coefficient (Wildman–Crippen LogP) is 2.04. The van der Waals surface area contributed by atoms with Gasteiger partial charge in [-0.1, -0.05) is 42.1 Å². The van der Waals surface area contributed by atoms with Crippen LogP contribution in [-0.2, 0) is 11.3 Å². The maximum absolute atomic E-state index is 12.4. The molecule has 1 aliphatic rings. The van der Waals surface area contributed by atoms with E-state index in [9.17, 15) is 4.79 Å². The summed E-state index contributed by atoms with van der Waals surface area (Å²) in [6, 6.07) is 12.4. The lowest BCUT2D eigenvalue weighted by Crippen LogP contribution is -2.38. The number of rotatable bonds is 7. The fourth-order valence-electron chi connectivity index (χ4n) is 3.51. The molecule has 29 heavy (non-hydrogen) atoms. The van der Waals surface area contributed by atoms with Crippen LogP contribution in [0.25, 0.3) is 11.4 Å². The number of carbonyl (C=O) groups is 1. The molecule has 0 aliphatic carbocycles. The molecule has 3 aromatic rings. The zero-order valence-electron chi connectivity index (χ0n) is 16.2. The lowest BCUT2D eigenvalue weighted by atomic mass is 10.2. The number of nitrogens with two attached hydrogens (primary N) is 1. The van der Waals surface area contributed by atoms with E-state index < -0.39 is 0 Å². The Morgan fingerprint density at radius 2 is 2.14 bits per heavy atom. The molecule has 1 aromatic carbocycles. The molecule has 4 rings (SSSR count). The second kappa shape index (κ2) is 8.71. The minimum atomic E-state index is -0.0226. The highest BCUT2D eigenvalue weighted by Gasteiger charge is 2.24. The van der Waals surface area contributed by atoms with Crippen LogP contribution in [0.3, 0.4) is 0 Å². The number of benzene rings is 1. The summed E-state index contributed by atoms with van der Waals surface area (Å²) in [7, 11) is 0. The summed E-state index contributed by atoms with van der Waals surface area (Å²) in [6.45, 7) is 4.60. The van der Waals surface area contributed by atoms with Crippen molar-refractivity contribution in [2.24, 2.45) is 0 Å². The second-order valence-corrected chi connectivity index (χ2v) is 8.07. The van der Waals surface area contributed by atoms with E-state index in [1.807, 2.05) is 13.0 Å². The molecule has 1 aliphatic heterocycles. The van der Waals surface area contributed by atoms with Crippen molar-refractivity contribution in [2.45, 2.75) is 31.1 Å². The van der Waals surface area contributed by atoms with Crippen molar-refractivity contribution in [1.29, 1.82) is 0 Å². The van der Waals surface area contributed by atoms with E-state index in [2.05, 4.69) is 44.7 Å². The molecule has 3 heterocycles. The van der Waals surface area contributed by atoms with Gasteiger partial charge in [0.15, 0.2) is 5.82 Å². The minimum Gasteiger partial charge on any atom is -0.469 e. The molecule has 3 N–H and O–H groups in total. The van der Waals surface area contributed by atoms with Crippen molar-refractivity contribution in [3.63, 3.8) is 0 Å². The van der Waals surface area contributed by atoms with Crippen LogP contribution in [0.1, 0.15) is 17.7 Å². The van der Waals surface area contributed by atoms with Crippen LogP contribution < -0.4 is 11.2 Å². The number of nitrogens with zero attached hydrogens (tertiary/aromatic N) is 4. The highest BCUT2D eigenvalue weighted by Crippen LogP contribution is 2.25. The van der Waals surface area contributed by atoms with Crippen molar-refractivity contribution in [3.8, 4) is 11.4 Å². The summed E-state index contributed by atoms with van der Waals surface area (Å²) < 4.78 is 6.69. The van der Waals surface area contributed by atoms with Crippen LogP contribution in [0, 0.1) is 6.92 Å². The number of likely N-dealkylation sites (tertiary alicyclic amines) is 1. The number of aryl methyl sites for hydroxylation is 1. The molecular weight excluding hydrogens is 388 g/mol. The number of furan rings is 1. The van der Waals surface area contributed by atoms with Crippen LogP contribution in [0.15, 0.2) is 52.2 Å². The van der Waals surface area contributed by atoms with Crippen LogP contribution in [0.4, 0.5) is 0 Å². The summed E-state index contributed by atoms with van der Waals surface area (Å²) >= 11 is 1.27. The van der Waals surface area contributed by atoms with Gasteiger partial charge in [-0.3, -0.25) is 9.69 Å². The second-order valence-electron chi connectivity index (χ2n) is 7.13. The standard InChI is InChI=1S/C20H24N6O2S/c1-14-17(8-10-28-14)19-23-24-20(26(19)21)29-13-18(27)22-16-7-9-25(12-16)11-15-5-3-2-4-6-15/h2-6,8,10,16H,7,9,11-13,21H2,1H3,(H,22,27)/t16-/m0/s1. The summed E-state index contributed by atoms with van der Waals surface area (Å²) in [6.07, 6.45) is 2.54. The van der Waals surface area contributed by atoms with E-state index in [-0.39, 0.29) is 17.7 Å². The van der Waals surface area contributed by atoms with Crippen molar-refractivity contribution in [1.82, 2.24) is 25.1 Å². The third-order valence-corrected chi connectivity index (χ3v) is 5.93. The Morgan fingerprint density at radius 3 is 2.90 bits per heavy atom. The molecule has 8 nitrogen and oxygen atoms in total. The Hall–Kier alpha value is -2.78. The normalized spacial score (nSPS) is 16.9. The molecule has 1 fully saturated rings. The van der Waals surface area contributed by atoms with Gasteiger partial charge in [0.1, 0.15) is 5.76 Å². The van der Waals surface area contributed by atoms with Crippen molar-refractivity contribution >= 4 is 17.7 Å². The van der Waals surface area contributed by atoms with E-state index in [4.69, 9.17) is 10.3 Å². The van der Waals surface area contributed by atoms with Crippen molar-refractivity contribution < 1.29 is 9.21 Å². The van der Waals surface area contributed by atoms with Gasteiger partial charge >= 0.3 is 0 Å².